The second-order valence-corrected chi connectivity index (χ2v) is 6.32. The molecule has 3 rings (SSSR count). The number of carbonyl (C=O) groups excluding carboxylic acids is 2. The smallest absolute Gasteiger partial charge is 0.240 e. The average molecular weight is 302 g/mol. The van der Waals surface area contributed by atoms with E-state index < -0.39 is 5.41 Å². The molecule has 1 aliphatic carbocycles. The lowest BCUT2D eigenvalue weighted by Crippen LogP contribution is -2.47. The number of rotatable bonds is 3. The molecule has 118 valence electrons. The first-order valence-electron chi connectivity index (χ1n) is 7.78. The van der Waals surface area contributed by atoms with Crippen molar-refractivity contribution in [3.63, 3.8) is 0 Å². The monoisotopic (exact) mass is 302 g/mol. The largest absolute Gasteiger partial charge is 0.378 e. The quantitative estimate of drug-likeness (QED) is 0.867. The van der Waals surface area contributed by atoms with Crippen molar-refractivity contribution in [2.75, 3.05) is 31.6 Å². The van der Waals surface area contributed by atoms with Gasteiger partial charge in [-0.2, -0.15) is 0 Å². The van der Waals surface area contributed by atoms with Crippen LogP contribution in [0.5, 0.6) is 0 Å². The molecule has 1 aromatic rings. The maximum absolute atomic E-state index is 12.7. The van der Waals surface area contributed by atoms with Gasteiger partial charge in [-0.15, -0.1) is 0 Å². The van der Waals surface area contributed by atoms with Crippen LogP contribution in [-0.4, -0.2) is 43.0 Å². The minimum atomic E-state index is -0.852. The topological polar surface area (TPSA) is 58.6 Å². The maximum Gasteiger partial charge on any atom is 0.240 e. The first-order valence-corrected chi connectivity index (χ1v) is 7.78. The van der Waals surface area contributed by atoms with E-state index in [0.717, 1.165) is 16.8 Å². The minimum absolute atomic E-state index is 0.0438. The summed E-state index contributed by atoms with van der Waals surface area (Å²) >= 11 is 0. The Morgan fingerprint density at radius 1 is 1.09 bits per heavy atom. The van der Waals surface area contributed by atoms with Gasteiger partial charge in [-0.25, -0.2) is 0 Å². The Morgan fingerprint density at radius 3 is 2.23 bits per heavy atom. The summed E-state index contributed by atoms with van der Waals surface area (Å²) < 4.78 is 5.27. The van der Waals surface area contributed by atoms with E-state index in [0.29, 0.717) is 39.1 Å². The van der Waals surface area contributed by atoms with Crippen LogP contribution < -0.4 is 5.32 Å². The zero-order valence-corrected chi connectivity index (χ0v) is 13.1. The normalized spacial score (nSPS) is 19.6. The summed E-state index contributed by atoms with van der Waals surface area (Å²) in [7, 11) is 0. The Hall–Kier alpha value is -1.88. The summed E-state index contributed by atoms with van der Waals surface area (Å²) in [6.45, 7) is 6.26. The summed E-state index contributed by atoms with van der Waals surface area (Å²) in [5.74, 6) is -0.216. The van der Waals surface area contributed by atoms with Gasteiger partial charge < -0.3 is 15.0 Å². The number of nitrogens with one attached hydrogen (secondary N) is 1. The van der Waals surface area contributed by atoms with Crippen LogP contribution >= 0.6 is 0 Å². The molecular weight excluding hydrogens is 280 g/mol. The van der Waals surface area contributed by atoms with Crippen LogP contribution in [0, 0.1) is 19.3 Å². The van der Waals surface area contributed by atoms with Crippen LogP contribution in [0.25, 0.3) is 0 Å². The highest BCUT2D eigenvalue weighted by molar-refractivity contribution is 6.13. The number of aryl methyl sites for hydroxylation is 2. The molecule has 2 amide bonds. The van der Waals surface area contributed by atoms with Crippen molar-refractivity contribution in [3.05, 3.63) is 29.3 Å². The number of benzene rings is 1. The molecule has 0 spiro atoms. The van der Waals surface area contributed by atoms with Gasteiger partial charge >= 0.3 is 0 Å². The number of hydrogen-bond donors (Lipinski definition) is 1. The second-order valence-electron chi connectivity index (χ2n) is 6.32. The van der Waals surface area contributed by atoms with Gasteiger partial charge in [-0.05, 0) is 49.9 Å². The molecule has 1 saturated carbocycles. The zero-order chi connectivity index (χ0) is 15.7. The van der Waals surface area contributed by atoms with Crippen molar-refractivity contribution in [1.82, 2.24) is 4.90 Å². The summed E-state index contributed by atoms with van der Waals surface area (Å²) in [5, 5.41) is 2.93. The van der Waals surface area contributed by atoms with E-state index in [1.807, 2.05) is 26.0 Å². The Kier molecular flexibility index (Phi) is 3.91. The first-order chi connectivity index (χ1) is 10.5. The minimum Gasteiger partial charge on any atom is -0.378 e. The van der Waals surface area contributed by atoms with Crippen molar-refractivity contribution in [2.24, 2.45) is 5.41 Å². The molecule has 0 atom stereocenters. The van der Waals surface area contributed by atoms with Gasteiger partial charge in [0.2, 0.25) is 11.8 Å². The highest BCUT2D eigenvalue weighted by atomic mass is 16.5. The van der Waals surface area contributed by atoms with Gasteiger partial charge in [0.05, 0.1) is 13.2 Å². The second kappa shape index (κ2) is 5.72. The van der Waals surface area contributed by atoms with Gasteiger partial charge in [0, 0.05) is 18.8 Å². The van der Waals surface area contributed by atoms with Gasteiger partial charge in [0.15, 0.2) is 0 Å². The lowest BCUT2D eigenvalue weighted by molar-refractivity contribution is -0.145. The van der Waals surface area contributed by atoms with Crippen LogP contribution in [0.4, 0.5) is 5.69 Å². The van der Waals surface area contributed by atoms with Crippen LogP contribution in [0.3, 0.4) is 0 Å². The van der Waals surface area contributed by atoms with Crippen molar-refractivity contribution in [2.45, 2.75) is 26.7 Å². The predicted octanol–water partition coefficient (Wildman–Crippen LogP) is 1.88. The molecule has 22 heavy (non-hydrogen) atoms. The maximum atomic E-state index is 12.7. The molecule has 1 aliphatic heterocycles. The van der Waals surface area contributed by atoms with Crippen molar-refractivity contribution in [3.8, 4) is 0 Å². The predicted molar refractivity (Wildman–Crippen MR) is 83.6 cm³/mol. The van der Waals surface area contributed by atoms with E-state index in [-0.39, 0.29) is 11.8 Å². The molecule has 0 unspecified atom stereocenters. The number of nitrogens with zero attached hydrogens (tertiary/aromatic N) is 1. The lowest BCUT2D eigenvalue weighted by atomic mass is 10.0. The van der Waals surface area contributed by atoms with Gasteiger partial charge in [0.1, 0.15) is 5.41 Å². The van der Waals surface area contributed by atoms with Gasteiger partial charge in [0.25, 0.3) is 0 Å². The molecule has 2 aliphatic rings. The summed E-state index contributed by atoms with van der Waals surface area (Å²) in [5.41, 5.74) is 2.11. The van der Waals surface area contributed by atoms with Crippen molar-refractivity contribution in [1.29, 1.82) is 0 Å². The van der Waals surface area contributed by atoms with Crippen LogP contribution in [0.2, 0.25) is 0 Å². The number of ether oxygens (including phenoxy) is 1. The summed E-state index contributed by atoms with van der Waals surface area (Å²) in [6, 6.07) is 5.92. The molecule has 5 nitrogen and oxygen atoms in total. The number of morpholine rings is 1. The Labute approximate surface area is 130 Å². The SMILES string of the molecule is Cc1cc(C)cc(NC(=O)C2(C(=O)N3CCOCC3)CC2)c1. The number of anilines is 1. The van der Waals surface area contributed by atoms with Gasteiger partial charge in [-0.1, -0.05) is 6.07 Å². The molecule has 0 bridgehead atoms. The van der Waals surface area contributed by atoms with Crippen LogP contribution in [-0.2, 0) is 14.3 Å². The third-order valence-electron chi connectivity index (χ3n) is 4.37. The first kappa shape index (κ1) is 15.0. The Morgan fingerprint density at radius 2 is 1.68 bits per heavy atom. The zero-order valence-electron chi connectivity index (χ0n) is 13.1. The standard InChI is InChI=1S/C17H22N2O3/c1-12-9-13(2)11-14(10-12)18-15(20)17(3-4-17)16(21)19-5-7-22-8-6-19/h9-11H,3-8H2,1-2H3,(H,18,20). The van der Waals surface area contributed by atoms with Crippen LogP contribution in [0.15, 0.2) is 18.2 Å². The molecule has 0 aromatic heterocycles. The third kappa shape index (κ3) is 2.86. The summed E-state index contributed by atoms with van der Waals surface area (Å²) in [4.78, 5) is 27.0. The average Bonchev–Trinajstić information content (AvgIpc) is 3.28. The number of amides is 2. The summed E-state index contributed by atoms with van der Waals surface area (Å²) in [6.07, 6.45) is 1.28. The van der Waals surface area contributed by atoms with Crippen LogP contribution in [0.1, 0.15) is 24.0 Å². The molecule has 1 N–H and O–H groups in total. The lowest BCUT2D eigenvalue weighted by Gasteiger charge is -2.30. The molecule has 5 heteroatoms. The number of carbonyl (C=O) groups is 2. The molecular formula is C17H22N2O3. The Balaban J connectivity index is 1.72. The third-order valence-corrected chi connectivity index (χ3v) is 4.37. The van der Waals surface area contributed by atoms with Crippen molar-refractivity contribution >= 4 is 17.5 Å². The fourth-order valence-corrected chi connectivity index (χ4v) is 3.03. The highest BCUT2D eigenvalue weighted by Crippen LogP contribution is 2.48. The van der Waals surface area contributed by atoms with E-state index >= 15 is 0 Å². The van der Waals surface area contributed by atoms with E-state index in [2.05, 4.69) is 11.4 Å². The molecule has 1 saturated heterocycles. The fraction of sp³-hybridized carbons (Fsp3) is 0.529. The molecule has 1 heterocycles. The van der Waals surface area contributed by atoms with E-state index in [9.17, 15) is 9.59 Å². The molecule has 0 radical (unpaired) electrons. The van der Waals surface area contributed by atoms with E-state index in [1.165, 1.54) is 0 Å². The van der Waals surface area contributed by atoms with Gasteiger partial charge in [-0.3, -0.25) is 9.59 Å². The highest BCUT2D eigenvalue weighted by Gasteiger charge is 2.58. The fourth-order valence-electron chi connectivity index (χ4n) is 3.03. The Bertz CT molecular complexity index is 582. The number of hydrogen-bond acceptors (Lipinski definition) is 3. The molecule has 2 fully saturated rings. The van der Waals surface area contributed by atoms with E-state index in [4.69, 9.17) is 4.74 Å². The molecule has 1 aromatic carbocycles. The van der Waals surface area contributed by atoms with E-state index in [1.54, 1.807) is 4.90 Å². The van der Waals surface area contributed by atoms with Crippen molar-refractivity contribution < 1.29 is 14.3 Å².